The molecule has 0 saturated carbocycles. The monoisotopic (exact) mass is 630 g/mol. The van der Waals surface area contributed by atoms with Crippen molar-refractivity contribution >= 4 is 26.6 Å². The van der Waals surface area contributed by atoms with Crippen molar-refractivity contribution in [2.75, 3.05) is 7.11 Å². The summed E-state index contributed by atoms with van der Waals surface area (Å²) in [6.45, 7) is 4.00. The molecule has 0 heterocycles. The zero-order valence-electron chi connectivity index (χ0n) is 25.2. The molecule has 0 aliphatic rings. The second-order valence-electron chi connectivity index (χ2n) is 11.4. The zero-order valence-corrected chi connectivity index (χ0v) is 26.0. The molecule has 0 aliphatic heterocycles. The first kappa shape index (κ1) is 32.0. The van der Waals surface area contributed by atoms with Gasteiger partial charge in [-0.3, -0.25) is 0 Å². The number of esters is 1. The third-order valence-electron chi connectivity index (χ3n) is 7.95. The first-order chi connectivity index (χ1) is 21.4. The molecule has 5 aromatic rings. The predicted octanol–water partition coefficient (Wildman–Crippen LogP) is 9.19. The van der Waals surface area contributed by atoms with Crippen molar-refractivity contribution in [1.29, 1.82) is 0 Å². The van der Waals surface area contributed by atoms with Crippen LogP contribution < -0.4 is 0 Å². The lowest BCUT2D eigenvalue weighted by Crippen LogP contribution is -2.13. The first-order valence-corrected chi connectivity index (χ1v) is 16.2. The number of methoxy groups -OCH3 is 1. The van der Waals surface area contributed by atoms with Crippen molar-refractivity contribution in [3.63, 3.8) is 0 Å². The van der Waals surface area contributed by atoms with Gasteiger partial charge in [-0.15, -0.1) is 0 Å². The summed E-state index contributed by atoms with van der Waals surface area (Å²) in [7, 11) is -2.54. The first-order valence-electron chi connectivity index (χ1n) is 14.6. The van der Waals surface area contributed by atoms with Crippen LogP contribution in [0.5, 0.6) is 0 Å². The summed E-state index contributed by atoms with van der Waals surface area (Å²) in [4.78, 5) is 13.1. The van der Waals surface area contributed by atoms with Crippen LogP contribution >= 0.6 is 0 Å². The van der Waals surface area contributed by atoms with Crippen LogP contribution in [-0.4, -0.2) is 21.5 Å². The molecule has 0 radical (unpaired) electrons. The van der Waals surface area contributed by atoms with Gasteiger partial charge in [-0.1, -0.05) is 92.7 Å². The van der Waals surface area contributed by atoms with E-state index in [0.29, 0.717) is 24.0 Å². The SMILES string of the molecule is COC(=O)c1cc(-c2ccc(CCc3cccc(C(F)(F)F)c3)cc2)c(C(C)C)cc1CS(=O)(=O)c1ccc2ccccc2c1. The van der Waals surface area contributed by atoms with Gasteiger partial charge in [-0.05, 0) is 87.2 Å². The van der Waals surface area contributed by atoms with Gasteiger partial charge in [0.15, 0.2) is 9.84 Å². The number of ether oxygens (including phenoxy) is 1. The van der Waals surface area contributed by atoms with Gasteiger partial charge in [0.1, 0.15) is 0 Å². The fourth-order valence-corrected chi connectivity index (χ4v) is 6.90. The largest absolute Gasteiger partial charge is 0.465 e. The molecule has 0 unspecified atom stereocenters. The van der Waals surface area contributed by atoms with Crippen molar-refractivity contribution in [2.24, 2.45) is 0 Å². The van der Waals surface area contributed by atoms with Gasteiger partial charge < -0.3 is 4.74 Å². The van der Waals surface area contributed by atoms with Crippen molar-refractivity contribution in [3.8, 4) is 11.1 Å². The van der Waals surface area contributed by atoms with Crippen LogP contribution in [0.3, 0.4) is 0 Å². The highest BCUT2D eigenvalue weighted by Gasteiger charge is 2.30. The lowest BCUT2D eigenvalue weighted by atomic mass is 9.88. The van der Waals surface area contributed by atoms with Gasteiger partial charge in [0, 0.05) is 0 Å². The molecular weight excluding hydrogens is 597 g/mol. The average molecular weight is 631 g/mol. The summed E-state index contributed by atoms with van der Waals surface area (Å²) in [5.41, 5.74) is 3.92. The van der Waals surface area contributed by atoms with Gasteiger partial charge in [0.05, 0.1) is 28.9 Å². The number of rotatable bonds is 9. The van der Waals surface area contributed by atoms with Crippen LogP contribution in [-0.2, 0) is 39.3 Å². The Kier molecular flexibility index (Phi) is 9.16. The van der Waals surface area contributed by atoms with Crippen molar-refractivity contribution in [1.82, 2.24) is 0 Å². The fraction of sp³-hybridized carbons (Fsp3) is 0.216. The molecule has 0 spiro atoms. The standard InChI is InChI=1S/C37H33F3O4S/c1-24(2)33-21-30(23-45(42,43)32-18-17-27-8-4-5-9-29(27)20-32)35(36(41)44-3)22-34(33)28-15-13-25(14-16-28)11-12-26-7-6-10-31(19-26)37(38,39)40/h4-10,13-22,24H,11-12,23H2,1-3H3. The average Bonchev–Trinajstić information content (AvgIpc) is 3.02. The number of benzene rings is 5. The van der Waals surface area contributed by atoms with E-state index in [-0.39, 0.29) is 22.1 Å². The molecule has 0 saturated heterocycles. The summed E-state index contributed by atoms with van der Waals surface area (Å²) >= 11 is 0. The summed E-state index contributed by atoms with van der Waals surface area (Å²) in [5.74, 6) is -0.994. The van der Waals surface area contributed by atoms with Gasteiger partial charge >= 0.3 is 12.1 Å². The Labute approximate surface area is 261 Å². The van der Waals surface area contributed by atoms with E-state index >= 15 is 0 Å². The molecule has 0 N–H and O–H groups in total. The Morgan fingerprint density at radius 3 is 2.13 bits per heavy atom. The van der Waals surface area contributed by atoms with Gasteiger partial charge in [-0.25, -0.2) is 13.2 Å². The summed E-state index contributed by atoms with van der Waals surface area (Å²) < 4.78 is 71.6. The lowest BCUT2D eigenvalue weighted by molar-refractivity contribution is -0.137. The van der Waals surface area contributed by atoms with E-state index in [1.807, 2.05) is 62.4 Å². The summed E-state index contributed by atoms with van der Waals surface area (Å²) in [5, 5.41) is 1.74. The number of carbonyl (C=O) groups excluding carboxylic acids is 1. The second kappa shape index (κ2) is 12.9. The second-order valence-corrected chi connectivity index (χ2v) is 13.4. The Hall–Kier alpha value is -4.43. The van der Waals surface area contributed by atoms with Crippen molar-refractivity contribution < 1.29 is 31.1 Å². The van der Waals surface area contributed by atoms with Crippen LogP contribution in [0.15, 0.2) is 108 Å². The molecule has 0 bridgehead atoms. The van der Waals surface area contributed by atoms with E-state index < -0.39 is 27.5 Å². The zero-order chi connectivity index (χ0) is 32.4. The number of hydrogen-bond acceptors (Lipinski definition) is 4. The normalized spacial score (nSPS) is 12.1. The molecule has 0 aliphatic carbocycles. The van der Waals surface area contributed by atoms with Crippen LogP contribution in [0, 0.1) is 0 Å². The smallest absolute Gasteiger partial charge is 0.416 e. The van der Waals surface area contributed by atoms with Crippen LogP contribution in [0.1, 0.15) is 57.9 Å². The fourth-order valence-electron chi connectivity index (χ4n) is 5.50. The highest BCUT2D eigenvalue weighted by atomic mass is 32.2. The van der Waals surface area contributed by atoms with Gasteiger partial charge in [0.25, 0.3) is 0 Å². The lowest BCUT2D eigenvalue weighted by Gasteiger charge is -2.19. The van der Waals surface area contributed by atoms with Crippen molar-refractivity contribution in [3.05, 3.63) is 137 Å². The Balaban J connectivity index is 1.45. The number of sulfone groups is 1. The molecule has 0 atom stereocenters. The summed E-state index contributed by atoms with van der Waals surface area (Å²) in [6.07, 6.45) is -3.38. The van der Waals surface area contributed by atoms with Crippen LogP contribution in [0.25, 0.3) is 21.9 Å². The van der Waals surface area contributed by atoms with E-state index in [9.17, 15) is 26.4 Å². The number of halogens is 3. The minimum atomic E-state index is -4.38. The number of fused-ring (bicyclic) bond motifs is 1. The molecule has 4 nitrogen and oxygen atoms in total. The van der Waals surface area contributed by atoms with E-state index in [1.54, 1.807) is 36.4 Å². The maximum Gasteiger partial charge on any atom is 0.416 e. The Morgan fingerprint density at radius 1 is 0.778 bits per heavy atom. The van der Waals surface area contributed by atoms with Crippen LogP contribution in [0.4, 0.5) is 13.2 Å². The van der Waals surface area contributed by atoms with Gasteiger partial charge in [-0.2, -0.15) is 13.2 Å². The molecular formula is C37H33F3O4S. The van der Waals surface area contributed by atoms with Gasteiger partial charge in [0.2, 0.25) is 0 Å². The van der Waals surface area contributed by atoms with Crippen molar-refractivity contribution in [2.45, 2.75) is 49.4 Å². The molecule has 45 heavy (non-hydrogen) atoms. The Morgan fingerprint density at radius 2 is 1.47 bits per heavy atom. The van der Waals surface area contributed by atoms with E-state index in [0.717, 1.165) is 39.1 Å². The maximum absolute atomic E-state index is 13.6. The maximum atomic E-state index is 13.6. The molecule has 0 amide bonds. The molecule has 0 aromatic heterocycles. The summed E-state index contributed by atoms with van der Waals surface area (Å²) in [6, 6.07) is 29.0. The predicted molar refractivity (Wildman–Crippen MR) is 171 cm³/mol. The number of carbonyl (C=O) groups is 1. The van der Waals surface area contributed by atoms with E-state index in [2.05, 4.69) is 0 Å². The van der Waals surface area contributed by atoms with Crippen LogP contribution in [0.2, 0.25) is 0 Å². The number of hydrogen-bond donors (Lipinski definition) is 0. The van der Waals surface area contributed by atoms with E-state index in [1.165, 1.54) is 19.2 Å². The molecule has 0 fully saturated rings. The minimum absolute atomic E-state index is 0.00871. The third-order valence-corrected chi connectivity index (χ3v) is 9.61. The topological polar surface area (TPSA) is 60.4 Å². The minimum Gasteiger partial charge on any atom is -0.465 e. The number of alkyl halides is 3. The molecule has 5 aromatic carbocycles. The quantitative estimate of drug-likeness (QED) is 0.152. The molecule has 8 heteroatoms. The van der Waals surface area contributed by atoms with E-state index in [4.69, 9.17) is 4.74 Å². The highest BCUT2D eigenvalue weighted by Crippen LogP contribution is 2.35. The Bertz CT molecular complexity index is 1960. The third kappa shape index (κ3) is 7.28. The highest BCUT2D eigenvalue weighted by molar-refractivity contribution is 7.90. The number of aryl methyl sites for hydroxylation is 2. The molecule has 5 rings (SSSR count). The molecule has 232 valence electrons.